The second kappa shape index (κ2) is 6.31. The van der Waals surface area contributed by atoms with Crippen molar-refractivity contribution in [2.24, 2.45) is 0 Å². The van der Waals surface area contributed by atoms with Crippen molar-refractivity contribution in [3.63, 3.8) is 0 Å². The number of aliphatic hydroxyl groups is 1. The standard InChI is InChI=1S/C10H9BrINO4/c11-5-1-2-7(12)6(3-5)9(15)13-4-8(14)10(16)17/h1-3,8,14H,4H2,(H,13,15)(H,16,17)/t8-/m0/s1. The van der Waals surface area contributed by atoms with Gasteiger partial charge in [0.15, 0.2) is 6.10 Å². The van der Waals surface area contributed by atoms with Gasteiger partial charge in [0.2, 0.25) is 0 Å². The minimum absolute atomic E-state index is 0.323. The number of carboxylic acids is 1. The fraction of sp³-hybridized carbons (Fsp3) is 0.200. The fourth-order valence-corrected chi connectivity index (χ4v) is 1.98. The molecule has 0 aliphatic heterocycles. The van der Waals surface area contributed by atoms with Gasteiger partial charge in [0.05, 0.1) is 12.1 Å². The van der Waals surface area contributed by atoms with E-state index in [1.165, 1.54) is 0 Å². The van der Waals surface area contributed by atoms with Crippen molar-refractivity contribution in [2.45, 2.75) is 6.10 Å². The van der Waals surface area contributed by atoms with Gasteiger partial charge in [-0.1, -0.05) is 15.9 Å². The van der Waals surface area contributed by atoms with Gasteiger partial charge in [-0.3, -0.25) is 4.79 Å². The van der Waals surface area contributed by atoms with Crippen molar-refractivity contribution in [1.82, 2.24) is 5.32 Å². The summed E-state index contributed by atoms with van der Waals surface area (Å²) in [5.74, 6) is -1.79. The van der Waals surface area contributed by atoms with Crippen LogP contribution in [0.1, 0.15) is 10.4 Å². The minimum Gasteiger partial charge on any atom is -0.479 e. The molecule has 0 heterocycles. The van der Waals surface area contributed by atoms with E-state index in [0.29, 0.717) is 5.56 Å². The third-order valence-corrected chi connectivity index (χ3v) is 3.35. The third-order valence-electron chi connectivity index (χ3n) is 1.91. The lowest BCUT2D eigenvalue weighted by molar-refractivity contribution is -0.146. The molecule has 0 saturated carbocycles. The summed E-state index contributed by atoms with van der Waals surface area (Å²) in [7, 11) is 0. The van der Waals surface area contributed by atoms with Gasteiger partial charge in [0, 0.05) is 8.04 Å². The Morgan fingerprint density at radius 3 is 2.71 bits per heavy atom. The number of carbonyl (C=O) groups is 2. The Bertz CT molecular complexity index is 452. The summed E-state index contributed by atoms with van der Waals surface area (Å²) in [5, 5.41) is 19.8. The van der Waals surface area contributed by atoms with Gasteiger partial charge in [0.1, 0.15) is 0 Å². The van der Waals surface area contributed by atoms with Crippen LogP contribution in [0.2, 0.25) is 0 Å². The number of carboxylic acid groups (broad SMARTS) is 1. The van der Waals surface area contributed by atoms with Gasteiger partial charge in [0.25, 0.3) is 5.91 Å². The van der Waals surface area contributed by atoms with Gasteiger partial charge in [-0.25, -0.2) is 4.79 Å². The quantitative estimate of drug-likeness (QED) is 0.648. The molecule has 7 heteroatoms. The molecule has 1 atom stereocenters. The van der Waals surface area contributed by atoms with Crippen molar-refractivity contribution in [1.29, 1.82) is 0 Å². The highest BCUT2D eigenvalue weighted by Crippen LogP contribution is 2.18. The molecule has 5 nitrogen and oxygen atoms in total. The second-order valence-corrected chi connectivity index (χ2v) is 5.27. The highest BCUT2D eigenvalue weighted by Gasteiger charge is 2.16. The third kappa shape index (κ3) is 4.25. The van der Waals surface area contributed by atoms with E-state index in [1.54, 1.807) is 18.2 Å². The molecule has 0 radical (unpaired) electrons. The van der Waals surface area contributed by atoms with Crippen molar-refractivity contribution >= 4 is 50.4 Å². The van der Waals surface area contributed by atoms with Gasteiger partial charge in [-0.15, -0.1) is 0 Å². The molecule has 17 heavy (non-hydrogen) atoms. The number of hydrogen-bond donors (Lipinski definition) is 3. The lowest BCUT2D eigenvalue weighted by Crippen LogP contribution is -2.36. The Hall–Kier alpha value is -0.670. The van der Waals surface area contributed by atoms with E-state index in [2.05, 4.69) is 21.2 Å². The lowest BCUT2D eigenvalue weighted by atomic mass is 10.2. The lowest BCUT2D eigenvalue weighted by Gasteiger charge is -2.09. The number of benzene rings is 1. The van der Waals surface area contributed by atoms with E-state index >= 15 is 0 Å². The van der Waals surface area contributed by atoms with Crippen LogP contribution in [0.3, 0.4) is 0 Å². The molecular formula is C10H9BrINO4. The van der Waals surface area contributed by atoms with Gasteiger partial charge < -0.3 is 15.5 Å². The Morgan fingerprint density at radius 1 is 1.47 bits per heavy atom. The molecule has 0 bridgehead atoms. The Kier molecular flexibility index (Phi) is 5.34. The number of hydrogen-bond acceptors (Lipinski definition) is 3. The van der Waals surface area contributed by atoms with Crippen LogP contribution in [-0.2, 0) is 4.79 Å². The van der Waals surface area contributed by atoms with E-state index in [9.17, 15) is 9.59 Å². The molecule has 1 aromatic carbocycles. The predicted octanol–water partition coefficient (Wildman–Crippen LogP) is 1.23. The highest BCUT2D eigenvalue weighted by molar-refractivity contribution is 14.1. The SMILES string of the molecule is O=C(NC[C@H](O)C(=O)O)c1cc(Br)ccc1I. The molecule has 1 amide bonds. The van der Waals surface area contributed by atoms with Gasteiger partial charge >= 0.3 is 5.97 Å². The van der Waals surface area contributed by atoms with E-state index in [-0.39, 0.29) is 6.54 Å². The number of amides is 1. The van der Waals surface area contributed by atoms with Crippen molar-refractivity contribution in [3.8, 4) is 0 Å². The van der Waals surface area contributed by atoms with Gasteiger partial charge in [-0.05, 0) is 40.8 Å². The molecule has 0 saturated heterocycles. The maximum Gasteiger partial charge on any atom is 0.334 e. The van der Waals surface area contributed by atoms with Crippen molar-refractivity contribution in [3.05, 3.63) is 31.8 Å². The number of aliphatic hydroxyl groups excluding tert-OH is 1. The minimum atomic E-state index is -1.59. The Balaban J connectivity index is 2.70. The van der Waals surface area contributed by atoms with E-state index in [4.69, 9.17) is 10.2 Å². The van der Waals surface area contributed by atoms with Gasteiger partial charge in [-0.2, -0.15) is 0 Å². The molecule has 0 aliphatic rings. The summed E-state index contributed by atoms with van der Waals surface area (Å²) in [5.41, 5.74) is 0.428. The topological polar surface area (TPSA) is 86.6 Å². The first-order chi connectivity index (χ1) is 7.91. The molecule has 0 aliphatic carbocycles. The Morgan fingerprint density at radius 2 is 2.12 bits per heavy atom. The van der Waals surface area contributed by atoms with E-state index in [0.717, 1.165) is 8.04 Å². The normalized spacial score (nSPS) is 11.9. The number of rotatable bonds is 4. The molecule has 0 fully saturated rings. The zero-order valence-corrected chi connectivity index (χ0v) is 12.2. The highest BCUT2D eigenvalue weighted by atomic mass is 127. The number of halogens is 2. The number of carbonyl (C=O) groups excluding carboxylic acids is 1. The average Bonchev–Trinajstić information content (AvgIpc) is 2.28. The molecular weight excluding hydrogens is 405 g/mol. The second-order valence-electron chi connectivity index (χ2n) is 3.19. The smallest absolute Gasteiger partial charge is 0.334 e. The zero-order valence-electron chi connectivity index (χ0n) is 8.48. The van der Waals surface area contributed by atoms with Crippen molar-refractivity contribution < 1.29 is 19.8 Å². The summed E-state index contributed by atoms with van der Waals surface area (Å²) >= 11 is 5.24. The van der Waals surface area contributed by atoms with Crippen LogP contribution < -0.4 is 5.32 Å². The average molecular weight is 414 g/mol. The van der Waals surface area contributed by atoms with Crippen LogP contribution in [0.4, 0.5) is 0 Å². The van der Waals surface area contributed by atoms with Crippen LogP contribution in [0.15, 0.2) is 22.7 Å². The van der Waals surface area contributed by atoms with E-state index < -0.39 is 18.0 Å². The molecule has 1 aromatic rings. The van der Waals surface area contributed by atoms with E-state index in [1.807, 2.05) is 22.6 Å². The largest absolute Gasteiger partial charge is 0.479 e. The molecule has 1 rings (SSSR count). The maximum atomic E-state index is 11.7. The molecule has 0 aromatic heterocycles. The zero-order chi connectivity index (χ0) is 13.0. The first-order valence-corrected chi connectivity index (χ1v) is 6.43. The van der Waals surface area contributed by atoms with Crippen molar-refractivity contribution in [2.75, 3.05) is 6.54 Å². The fourth-order valence-electron chi connectivity index (χ4n) is 1.04. The molecule has 3 N–H and O–H groups in total. The first kappa shape index (κ1) is 14.4. The number of nitrogens with one attached hydrogen (secondary N) is 1. The van der Waals surface area contributed by atoms with Crippen LogP contribution in [0.25, 0.3) is 0 Å². The monoisotopic (exact) mass is 413 g/mol. The molecule has 0 unspecified atom stereocenters. The summed E-state index contributed by atoms with van der Waals surface area (Å²) in [6.45, 7) is -0.323. The van der Waals surface area contributed by atoms with Crippen LogP contribution in [0.5, 0.6) is 0 Å². The maximum absolute atomic E-state index is 11.7. The Labute approximate surface area is 119 Å². The van der Waals surface area contributed by atoms with Crippen LogP contribution in [-0.4, -0.2) is 34.7 Å². The molecule has 92 valence electrons. The molecule has 0 spiro atoms. The summed E-state index contributed by atoms with van der Waals surface area (Å²) in [4.78, 5) is 22.1. The summed E-state index contributed by atoms with van der Waals surface area (Å²) in [6.07, 6.45) is -1.59. The summed E-state index contributed by atoms with van der Waals surface area (Å²) in [6, 6.07) is 5.18. The summed E-state index contributed by atoms with van der Waals surface area (Å²) < 4.78 is 1.50. The van der Waals surface area contributed by atoms with Crippen LogP contribution in [0, 0.1) is 3.57 Å². The predicted molar refractivity (Wildman–Crippen MR) is 72.8 cm³/mol. The first-order valence-electron chi connectivity index (χ1n) is 4.56. The van der Waals surface area contributed by atoms with Crippen LogP contribution >= 0.6 is 38.5 Å². The number of aliphatic carboxylic acids is 1.